The lowest BCUT2D eigenvalue weighted by Gasteiger charge is -2.14. The van der Waals surface area contributed by atoms with E-state index < -0.39 is 6.10 Å². The maximum absolute atomic E-state index is 10.0. The van der Waals surface area contributed by atoms with E-state index in [9.17, 15) is 5.11 Å². The van der Waals surface area contributed by atoms with Crippen LogP contribution in [-0.4, -0.2) is 32.4 Å². The van der Waals surface area contributed by atoms with Gasteiger partial charge in [-0.2, -0.15) is 0 Å². The average molecular weight is 269 g/mol. The van der Waals surface area contributed by atoms with Crippen molar-refractivity contribution in [3.8, 4) is 11.5 Å². The number of aliphatic hydroxyl groups is 1. The molecule has 4 nitrogen and oxygen atoms in total. The van der Waals surface area contributed by atoms with Crippen molar-refractivity contribution in [1.82, 2.24) is 5.32 Å². The Bertz CT molecular complexity index is 320. The van der Waals surface area contributed by atoms with Crippen LogP contribution in [0.2, 0.25) is 0 Å². The summed E-state index contributed by atoms with van der Waals surface area (Å²) in [4.78, 5) is 0. The molecule has 110 valence electrons. The van der Waals surface area contributed by atoms with Crippen LogP contribution in [0.5, 0.6) is 11.5 Å². The second kappa shape index (κ2) is 10.6. The number of rotatable bonds is 7. The molecule has 0 aliphatic carbocycles. The summed E-state index contributed by atoms with van der Waals surface area (Å²) >= 11 is 0. The van der Waals surface area contributed by atoms with Crippen LogP contribution < -0.4 is 14.8 Å². The number of hydrogen-bond acceptors (Lipinski definition) is 4. The summed E-state index contributed by atoms with van der Waals surface area (Å²) < 4.78 is 10.3. The van der Waals surface area contributed by atoms with Crippen molar-refractivity contribution in [2.24, 2.45) is 0 Å². The number of benzene rings is 1. The summed E-state index contributed by atoms with van der Waals surface area (Å²) in [5.74, 6) is 1.38. The molecule has 0 amide bonds. The molecule has 1 aromatic carbocycles. The first-order chi connectivity index (χ1) is 9.21. The molecular formula is C15H27NO3. The summed E-state index contributed by atoms with van der Waals surface area (Å²) in [6.45, 7) is 7.52. The van der Waals surface area contributed by atoms with E-state index in [1.807, 2.05) is 26.0 Å². The third-order valence-corrected chi connectivity index (χ3v) is 2.52. The molecule has 4 heteroatoms. The monoisotopic (exact) mass is 269 g/mol. The first-order valence-corrected chi connectivity index (χ1v) is 6.83. The van der Waals surface area contributed by atoms with Crippen molar-refractivity contribution >= 4 is 0 Å². The van der Waals surface area contributed by atoms with E-state index in [4.69, 9.17) is 9.47 Å². The Hall–Kier alpha value is -1.26. The first kappa shape index (κ1) is 17.7. The van der Waals surface area contributed by atoms with Crippen molar-refractivity contribution < 1.29 is 14.6 Å². The lowest BCUT2D eigenvalue weighted by molar-refractivity contribution is 0.174. The van der Waals surface area contributed by atoms with Gasteiger partial charge in [0.05, 0.1) is 20.3 Å². The van der Waals surface area contributed by atoms with Crippen LogP contribution in [0.1, 0.15) is 38.9 Å². The highest BCUT2D eigenvalue weighted by Crippen LogP contribution is 2.26. The lowest BCUT2D eigenvalue weighted by atomic mass is 10.1. The van der Waals surface area contributed by atoms with Gasteiger partial charge in [-0.1, -0.05) is 20.8 Å². The van der Waals surface area contributed by atoms with Gasteiger partial charge >= 0.3 is 0 Å². The Morgan fingerprint density at radius 2 is 1.63 bits per heavy atom. The summed E-state index contributed by atoms with van der Waals surface area (Å²) in [5.41, 5.74) is 0.796. The third kappa shape index (κ3) is 6.45. The topological polar surface area (TPSA) is 50.7 Å². The molecule has 0 aliphatic heterocycles. The third-order valence-electron chi connectivity index (χ3n) is 2.52. The Morgan fingerprint density at radius 1 is 1.11 bits per heavy atom. The van der Waals surface area contributed by atoms with Gasteiger partial charge in [-0.3, -0.25) is 0 Å². The SMILES string of the molecule is CC.CCCNCC(O)c1cc(OC)cc(OC)c1. The van der Waals surface area contributed by atoms with E-state index in [1.165, 1.54) is 0 Å². The second-order valence-electron chi connectivity index (χ2n) is 3.87. The fraction of sp³-hybridized carbons (Fsp3) is 0.600. The summed E-state index contributed by atoms with van der Waals surface area (Å²) in [6, 6.07) is 5.43. The molecule has 0 aliphatic rings. The van der Waals surface area contributed by atoms with Crippen molar-refractivity contribution in [2.75, 3.05) is 27.3 Å². The van der Waals surface area contributed by atoms with Gasteiger partial charge in [0.15, 0.2) is 0 Å². The number of ether oxygens (including phenoxy) is 2. The molecule has 1 atom stereocenters. The summed E-state index contributed by atoms with van der Waals surface area (Å²) in [6.07, 6.45) is 0.499. The van der Waals surface area contributed by atoms with Crippen LogP contribution in [0.25, 0.3) is 0 Å². The number of aliphatic hydroxyl groups excluding tert-OH is 1. The Labute approximate surface area is 116 Å². The smallest absolute Gasteiger partial charge is 0.122 e. The highest BCUT2D eigenvalue weighted by molar-refractivity contribution is 5.39. The van der Waals surface area contributed by atoms with Gasteiger partial charge in [0.1, 0.15) is 11.5 Å². The molecule has 2 N–H and O–H groups in total. The van der Waals surface area contributed by atoms with Crippen LogP contribution in [0.15, 0.2) is 18.2 Å². The van der Waals surface area contributed by atoms with Crippen molar-refractivity contribution in [3.63, 3.8) is 0 Å². The van der Waals surface area contributed by atoms with Crippen LogP contribution in [0.4, 0.5) is 0 Å². The highest BCUT2D eigenvalue weighted by atomic mass is 16.5. The largest absolute Gasteiger partial charge is 0.497 e. The molecular weight excluding hydrogens is 242 g/mol. The highest BCUT2D eigenvalue weighted by Gasteiger charge is 2.10. The number of hydrogen-bond donors (Lipinski definition) is 2. The minimum absolute atomic E-state index is 0.532. The zero-order chi connectivity index (χ0) is 14.7. The molecule has 1 aromatic rings. The standard InChI is InChI=1S/C13H21NO3.C2H6/c1-4-5-14-9-13(15)10-6-11(16-2)8-12(7-10)17-3;1-2/h6-8,13-15H,4-5,9H2,1-3H3;1-2H3. The molecule has 0 aromatic heterocycles. The van der Waals surface area contributed by atoms with Gasteiger partial charge in [-0.25, -0.2) is 0 Å². The predicted octanol–water partition coefficient (Wildman–Crippen LogP) is 2.76. The molecule has 1 rings (SSSR count). The van der Waals surface area contributed by atoms with Crippen molar-refractivity contribution in [2.45, 2.75) is 33.3 Å². The van der Waals surface area contributed by atoms with Gasteiger partial charge in [0.25, 0.3) is 0 Å². The summed E-state index contributed by atoms with van der Waals surface area (Å²) in [5, 5.41) is 13.2. The average Bonchev–Trinajstić information content (AvgIpc) is 2.48. The van der Waals surface area contributed by atoms with E-state index in [1.54, 1.807) is 20.3 Å². The Kier molecular flexibility index (Phi) is 9.94. The Morgan fingerprint density at radius 3 is 2.05 bits per heavy atom. The lowest BCUT2D eigenvalue weighted by Crippen LogP contribution is -2.22. The van der Waals surface area contributed by atoms with E-state index in [-0.39, 0.29) is 0 Å². The van der Waals surface area contributed by atoms with Crippen molar-refractivity contribution in [1.29, 1.82) is 0 Å². The molecule has 0 saturated carbocycles. The van der Waals surface area contributed by atoms with Crippen LogP contribution >= 0.6 is 0 Å². The molecule has 0 radical (unpaired) electrons. The van der Waals surface area contributed by atoms with E-state index in [0.717, 1.165) is 18.5 Å². The molecule has 0 heterocycles. The fourth-order valence-electron chi connectivity index (χ4n) is 1.56. The van der Waals surface area contributed by atoms with Crippen molar-refractivity contribution in [3.05, 3.63) is 23.8 Å². The zero-order valence-corrected chi connectivity index (χ0v) is 12.7. The van der Waals surface area contributed by atoms with Gasteiger partial charge in [0.2, 0.25) is 0 Å². The predicted molar refractivity (Wildman–Crippen MR) is 79.0 cm³/mol. The first-order valence-electron chi connectivity index (χ1n) is 6.83. The molecule has 0 spiro atoms. The minimum Gasteiger partial charge on any atom is -0.497 e. The van der Waals surface area contributed by atoms with Gasteiger partial charge in [-0.05, 0) is 30.7 Å². The van der Waals surface area contributed by atoms with E-state index in [2.05, 4.69) is 12.2 Å². The summed E-state index contributed by atoms with van der Waals surface area (Å²) in [7, 11) is 3.19. The minimum atomic E-state index is -0.550. The van der Waals surface area contributed by atoms with Crippen LogP contribution in [-0.2, 0) is 0 Å². The quantitative estimate of drug-likeness (QED) is 0.747. The fourth-order valence-corrected chi connectivity index (χ4v) is 1.56. The second-order valence-corrected chi connectivity index (χ2v) is 3.87. The van der Waals surface area contributed by atoms with Crippen LogP contribution in [0.3, 0.4) is 0 Å². The molecule has 19 heavy (non-hydrogen) atoms. The van der Waals surface area contributed by atoms with Gasteiger partial charge in [0, 0.05) is 12.6 Å². The Balaban J connectivity index is 0.00000154. The number of nitrogens with one attached hydrogen (secondary N) is 1. The molecule has 1 unspecified atom stereocenters. The maximum Gasteiger partial charge on any atom is 0.122 e. The van der Waals surface area contributed by atoms with Gasteiger partial charge < -0.3 is 19.9 Å². The van der Waals surface area contributed by atoms with Gasteiger partial charge in [-0.15, -0.1) is 0 Å². The van der Waals surface area contributed by atoms with Crippen LogP contribution in [0, 0.1) is 0 Å². The normalized spacial score (nSPS) is 11.3. The zero-order valence-electron chi connectivity index (χ0n) is 12.7. The molecule has 0 saturated heterocycles. The molecule has 0 fully saturated rings. The molecule has 0 bridgehead atoms. The number of methoxy groups -OCH3 is 2. The van der Waals surface area contributed by atoms with E-state index in [0.29, 0.717) is 18.0 Å². The maximum atomic E-state index is 10.0. The van der Waals surface area contributed by atoms with E-state index >= 15 is 0 Å².